The molecule has 7 heteroatoms. The summed E-state index contributed by atoms with van der Waals surface area (Å²) in [5, 5.41) is 7.13. The quantitative estimate of drug-likeness (QED) is 0.281. The molecule has 0 saturated heterocycles. The van der Waals surface area contributed by atoms with Gasteiger partial charge in [-0.15, -0.1) is 11.3 Å². The van der Waals surface area contributed by atoms with Crippen molar-refractivity contribution >= 4 is 54.5 Å². The molecule has 3 rings (SSSR count). The molecule has 0 aliphatic rings. The van der Waals surface area contributed by atoms with Gasteiger partial charge in [-0.3, -0.25) is 5.43 Å². The fraction of sp³-hybridized carbons (Fsp3) is 0.0588. The van der Waals surface area contributed by atoms with Crippen molar-refractivity contribution in [2.24, 2.45) is 5.10 Å². The average molecular weight is 469 g/mol. The number of anilines is 1. The van der Waals surface area contributed by atoms with Gasteiger partial charge in [0.15, 0.2) is 0 Å². The van der Waals surface area contributed by atoms with Crippen LogP contribution in [0.3, 0.4) is 0 Å². The standard InChI is InChI=1S/C17H12Br2FN3S/c18-8-13-14(19)7-6-12(16(13)20)9-21-23-17-22-15(10-24-17)11-4-2-1-3-5-11/h1-7,9-10H,8H2,(H,22,23). The summed E-state index contributed by atoms with van der Waals surface area (Å²) in [6.45, 7) is 0. The molecule has 0 radical (unpaired) electrons. The van der Waals surface area contributed by atoms with E-state index in [0.717, 1.165) is 15.7 Å². The maximum atomic E-state index is 14.3. The zero-order valence-corrected chi connectivity index (χ0v) is 16.3. The molecule has 1 aromatic heterocycles. The maximum Gasteiger partial charge on any atom is 0.203 e. The number of nitrogens with zero attached hydrogens (tertiary/aromatic N) is 2. The van der Waals surface area contributed by atoms with Crippen LogP contribution >= 0.6 is 43.2 Å². The number of nitrogens with one attached hydrogen (secondary N) is 1. The number of aromatic nitrogens is 1. The van der Waals surface area contributed by atoms with Crippen LogP contribution in [0.4, 0.5) is 9.52 Å². The maximum absolute atomic E-state index is 14.3. The molecule has 24 heavy (non-hydrogen) atoms. The highest BCUT2D eigenvalue weighted by atomic mass is 79.9. The lowest BCUT2D eigenvalue weighted by Crippen LogP contribution is -1.97. The van der Waals surface area contributed by atoms with Crippen LogP contribution in [0.15, 0.2) is 57.4 Å². The molecule has 2 aromatic carbocycles. The van der Waals surface area contributed by atoms with Crippen molar-refractivity contribution in [3.05, 3.63) is 69.3 Å². The Labute approximate surface area is 159 Å². The molecule has 0 amide bonds. The lowest BCUT2D eigenvalue weighted by atomic mass is 10.1. The minimum atomic E-state index is -0.295. The van der Waals surface area contributed by atoms with Gasteiger partial charge >= 0.3 is 0 Å². The van der Waals surface area contributed by atoms with E-state index < -0.39 is 0 Å². The smallest absolute Gasteiger partial charge is 0.203 e. The van der Waals surface area contributed by atoms with Crippen molar-refractivity contribution in [2.75, 3.05) is 5.43 Å². The lowest BCUT2D eigenvalue weighted by Gasteiger charge is -2.04. The van der Waals surface area contributed by atoms with Crippen molar-refractivity contribution in [2.45, 2.75) is 5.33 Å². The Balaban J connectivity index is 1.73. The summed E-state index contributed by atoms with van der Waals surface area (Å²) in [7, 11) is 0. The first-order valence-electron chi connectivity index (χ1n) is 7.02. The number of thiazole rings is 1. The predicted octanol–water partition coefficient (Wildman–Crippen LogP) is 6.05. The summed E-state index contributed by atoms with van der Waals surface area (Å²) in [6, 6.07) is 13.4. The van der Waals surface area contributed by atoms with E-state index in [1.54, 1.807) is 12.1 Å². The number of hydrogen-bond acceptors (Lipinski definition) is 4. The largest absolute Gasteiger partial charge is 0.253 e. The van der Waals surface area contributed by atoms with Crippen LogP contribution < -0.4 is 5.43 Å². The van der Waals surface area contributed by atoms with Crippen molar-refractivity contribution in [3.8, 4) is 11.3 Å². The van der Waals surface area contributed by atoms with Gasteiger partial charge in [0, 0.05) is 31.9 Å². The third-order valence-electron chi connectivity index (χ3n) is 3.29. The number of benzene rings is 2. The first-order valence-corrected chi connectivity index (χ1v) is 9.81. The summed E-state index contributed by atoms with van der Waals surface area (Å²) in [4.78, 5) is 4.47. The van der Waals surface area contributed by atoms with E-state index in [-0.39, 0.29) is 5.82 Å². The second kappa shape index (κ2) is 8.00. The van der Waals surface area contributed by atoms with Crippen molar-refractivity contribution in [1.29, 1.82) is 0 Å². The average Bonchev–Trinajstić information content (AvgIpc) is 3.07. The number of hydrogen-bond donors (Lipinski definition) is 1. The summed E-state index contributed by atoms with van der Waals surface area (Å²) < 4.78 is 15.0. The Morgan fingerprint density at radius 3 is 2.75 bits per heavy atom. The number of alkyl halides is 1. The van der Waals surface area contributed by atoms with Gasteiger partial charge in [0.2, 0.25) is 5.13 Å². The predicted molar refractivity (Wildman–Crippen MR) is 105 cm³/mol. The Bertz CT molecular complexity index is 866. The minimum absolute atomic E-state index is 0.295. The molecule has 0 bridgehead atoms. The summed E-state index contributed by atoms with van der Waals surface area (Å²) in [5.74, 6) is -0.295. The van der Waals surface area contributed by atoms with E-state index in [2.05, 4.69) is 47.4 Å². The summed E-state index contributed by atoms with van der Waals surface area (Å²) >= 11 is 8.07. The molecular weight excluding hydrogens is 457 g/mol. The zero-order valence-electron chi connectivity index (χ0n) is 12.3. The van der Waals surface area contributed by atoms with E-state index in [1.807, 2.05) is 35.7 Å². The van der Waals surface area contributed by atoms with Crippen LogP contribution in [0, 0.1) is 5.82 Å². The molecule has 0 saturated carbocycles. The molecule has 3 nitrogen and oxygen atoms in total. The first kappa shape index (κ1) is 17.3. The van der Waals surface area contributed by atoms with Gasteiger partial charge < -0.3 is 0 Å². The van der Waals surface area contributed by atoms with E-state index in [1.165, 1.54) is 17.6 Å². The number of halogens is 3. The van der Waals surface area contributed by atoms with Gasteiger partial charge in [0.25, 0.3) is 0 Å². The fourth-order valence-electron chi connectivity index (χ4n) is 2.06. The zero-order chi connectivity index (χ0) is 16.9. The van der Waals surface area contributed by atoms with Crippen LogP contribution in [0.25, 0.3) is 11.3 Å². The normalized spacial score (nSPS) is 11.1. The van der Waals surface area contributed by atoms with Crippen LogP contribution in [-0.2, 0) is 5.33 Å². The SMILES string of the molecule is Fc1c(C=NNc2nc(-c3ccccc3)cs2)ccc(Br)c1CBr. The van der Waals surface area contributed by atoms with Crippen molar-refractivity contribution in [1.82, 2.24) is 4.98 Å². The van der Waals surface area contributed by atoms with Gasteiger partial charge in [-0.05, 0) is 12.1 Å². The molecule has 0 atom stereocenters. The second-order valence-electron chi connectivity index (χ2n) is 4.84. The number of hydrazone groups is 1. The van der Waals surface area contributed by atoms with Gasteiger partial charge in [0.05, 0.1) is 11.9 Å². The highest BCUT2D eigenvalue weighted by Crippen LogP contribution is 2.25. The monoisotopic (exact) mass is 467 g/mol. The second-order valence-corrected chi connectivity index (χ2v) is 7.11. The molecule has 0 unspecified atom stereocenters. The molecule has 1 N–H and O–H groups in total. The Morgan fingerprint density at radius 1 is 1.21 bits per heavy atom. The van der Waals surface area contributed by atoms with Crippen LogP contribution in [0.1, 0.15) is 11.1 Å². The Morgan fingerprint density at radius 2 is 2.00 bits per heavy atom. The van der Waals surface area contributed by atoms with Gasteiger partial charge in [-0.1, -0.05) is 62.2 Å². The first-order chi connectivity index (χ1) is 11.7. The Kier molecular flexibility index (Phi) is 5.76. The molecule has 1 heterocycles. The van der Waals surface area contributed by atoms with Crippen LogP contribution in [-0.4, -0.2) is 11.2 Å². The van der Waals surface area contributed by atoms with E-state index in [4.69, 9.17) is 0 Å². The third-order valence-corrected chi connectivity index (χ3v) is 5.34. The molecule has 0 fully saturated rings. The summed E-state index contributed by atoms with van der Waals surface area (Å²) in [6.07, 6.45) is 1.46. The minimum Gasteiger partial charge on any atom is -0.253 e. The van der Waals surface area contributed by atoms with Crippen LogP contribution in [0.5, 0.6) is 0 Å². The van der Waals surface area contributed by atoms with Gasteiger partial charge in [0.1, 0.15) is 5.82 Å². The molecule has 0 spiro atoms. The molecule has 122 valence electrons. The molecule has 0 aliphatic heterocycles. The van der Waals surface area contributed by atoms with E-state index in [9.17, 15) is 4.39 Å². The summed E-state index contributed by atoms with van der Waals surface area (Å²) in [5.41, 5.74) is 5.77. The number of rotatable bonds is 5. The highest BCUT2D eigenvalue weighted by Gasteiger charge is 2.09. The molecular formula is C17H12Br2FN3S. The third kappa shape index (κ3) is 3.91. The van der Waals surface area contributed by atoms with E-state index in [0.29, 0.717) is 21.6 Å². The van der Waals surface area contributed by atoms with Gasteiger partial charge in [-0.2, -0.15) is 5.10 Å². The fourth-order valence-corrected chi connectivity index (χ4v) is 4.10. The van der Waals surface area contributed by atoms with Crippen molar-refractivity contribution in [3.63, 3.8) is 0 Å². The van der Waals surface area contributed by atoms with Crippen molar-refractivity contribution < 1.29 is 4.39 Å². The Hall–Kier alpha value is -1.57. The highest BCUT2D eigenvalue weighted by molar-refractivity contribution is 9.10. The van der Waals surface area contributed by atoms with E-state index >= 15 is 0 Å². The van der Waals surface area contributed by atoms with Crippen LogP contribution in [0.2, 0.25) is 0 Å². The van der Waals surface area contributed by atoms with Gasteiger partial charge in [-0.25, -0.2) is 9.37 Å². The topological polar surface area (TPSA) is 37.3 Å². The molecule has 0 aliphatic carbocycles. The lowest BCUT2D eigenvalue weighted by molar-refractivity contribution is 0.614. The molecule has 3 aromatic rings.